The maximum Gasteiger partial charge on any atom is 0.119 e. The van der Waals surface area contributed by atoms with E-state index in [0.717, 1.165) is 20.0 Å². The van der Waals surface area contributed by atoms with Crippen molar-refractivity contribution in [2.24, 2.45) is 0 Å². The van der Waals surface area contributed by atoms with Crippen LogP contribution < -0.4 is 0 Å². The van der Waals surface area contributed by atoms with Crippen molar-refractivity contribution in [2.75, 3.05) is 0 Å². The molecule has 0 unspecified atom stereocenters. The van der Waals surface area contributed by atoms with Gasteiger partial charge in [-0.15, -0.1) is 0 Å². The van der Waals surface area contributed by atoms with Crippen LogP contribution >= 0.6 is 41.4 Å². The fourth-order valence-corrected chi connectivity index (χ4v) is 0.493. The highest BCUT2D eigenvalue weighted by atomic mass is 35.8. The molecule has 6 heteroatoms. The topological polar surface area (TPSA) is 40.5 Å². The Morgan fingerprint density at radius 2 is 1.42 bits per heavy atom. The second-order valence-electron chi connectivity index (χ2n) is 1.65. The van der Waals surface area contributed by atoms with Crippen molar-refractivity contribution in [3.05, 3.63) is 24.3 Å². The van der Waals surface area contributed by atoms with Crippen LogP contribution in [0.25, 0.3) is 0 Å². The van der Waals surface area contributed by atoms with Crippen LogP contribution in [0.5, 0.6) is 11.5 Å². The molecule has 0 fully saturated rings. The number of hydrogen-bond acceptors (Lipinski definition) is 4. The molecule has 0 atom stereocenters. The summed E-state index contributed by atoms with van der Waals surface area (Å²) in [4.78, 5) is 0. The van der Waals surface area contributed by atoms with Gasteiger partial charge in [-0.2, -0.15) is 0 Å². The summed E-state index contributed by atoms with van der Waals surface area (Å²) in [5, 5.41) is 17.3. The van der Waals surface area contributed by atoms with E-state index in [1.165, 1.54) is 18.2 Å². The number of benzene rings is 1. The number of phenolic OH excluding ortho intramolecular Hbond substituents is 2. The van der Waals surface area contributed by atoms with E-state index in [-0.39, 0.29) is 11.5 Å². The first-order chi connectivity index (χ1) is 5.70. The van der Waals surface area contributed by atoms with Gasteiger partial charge < -0.3 is 10.2 Å². The first-order valence-electron chi connectivity index (χ1n) is 2.74. The fourth-order valence-electron chi connectivity index (χ4n) is 0.493. The highest BCUT2D eigenvalue weighted by Crippen LogP contribution is 2.28. The second kappa shape index (κ2) is 7.73. The van der Waals surface area contributed by atoms with Gasteiger partial charge in [0.1, 0.15) is 11.5 Å². The Morgan fingerprint density at radius 3 is 1.58 bits per heavy atom. The molecule has 0 saturated heterocycles. The zero-order valence-electron chi connectivity index (χ0n) is 5.78. The molecule has 0 saturated carbocycles. The minimum atomic E-state index is 0.0880. The largest absolute Gasteiger partial charge is 0.508 e. The molecular weight excluding hydrogens is 239 g/mol. The molecule has 1 rings (SSSR count). The summed E-state index contributed by atoms with van der Waals surface area (Å²) in [5.41, 5.74) is 0. The summed E-state index contributed by atoms with van der Waals surface area (Å²) in [6.07, 6.45) is 0. The van der Waals surface area contributed by atoms with Crippen LogP contribution in [0.4, 0.5) is 0 Å². The van der Waals surface area contributed by atoms with E-state index in [9.17, 15) is 0 Å². The van der Waals surface area contributed by atoms with E-state index in [2.05, 4.69) is 0 Å². The first kappa shape index (κ1) is 12.1. The molecule has 1 aromatic rings. The Kier molecular flexibility index (Phi) is 7.80. The molecule has 12 heavy (non-hydrogen) atoms. The maximum absolute atomic E-state index is 8.65. The van der Waals surface area contributed by atoms with Crippen molar-refractivity contribution in [1.82, 2.24) is 0 Å². The van der Waals surface area contributed by atoms with Crippen molar-refractivity contribution in [2.45, 2.75) is 0 Å². The van der Waals surface area contributed by atoms with Gasteiger partial charge in [0.25, 0.3) is 0 Å². The molecule has 0 heterocycles. The van der Waals surface area contributed by atoms with Crippen LogP contribution in [0.3, 0.4) is 0 Å². The summed E-state index contributed by atoms with van der Waals surface area (Å²) in [5.74, 6) is 0.176. The highest BCUT2D eigenvalue weighted by Gasteiger charge is 1.85. The highest BCUT2D eigenvalue weighted by molar-refractivity contribution is 8.92. The van der Waals surface area contributed by atoms with Crippen LogP contribution in [0.2, 0.25) is 0 Å². The molecule has 0 aromatic heterocycles. The first-order valence-corrected chi connectivity index (χ1v) is 6.55. The lowest BCUT2D eigenvalue weighted by molar-refractivity contribution is 0.450. The quantitative estimate of drug-likeness (QED) is 0.739. The lowest BCUT2D eigenvalue weighted by atomic mass is 10.3. The molecule has 1 aromatic carbocycles. The van der Waals surface area contributed by atoms with Crippen LogP contribution in [0, 0.1) is 0 Å². The van der Waals surface area contributed by atoms with Gasteiger partial charge in [0, 0.05) is 26.1 Å². The van der Waals surface area contributed by atoms with Gasteiger partial charge in [-0.05, 0) is 33.5 Å². The van der Waals surface area contributed by atoms with E-state index < -0.39 is 0 Å². The Bertz CT molecular complexity index is 203. The van der Waals surface area contributed by atoms with E-state index in [0.29, 0.717) is 0 Å². The monoisotopic (exact) mass is 244 g/mol. The van der Waals surface area contributed by atoms with Gasteiger partial charge in [0.15, 0.2) is 0 Å². The molecule has 0 aliphatic rings. The van der Waals surface area contributed by atoms with E-state index in [1.807, 2.05) is 0 Å². The van der Waals surface area contributed by atoms with Gasteiger partial charge in [0.05, 0.1) is 0 Å². The minimum absolute atomic E-state index is 0.0880. The van der Waals surface area contributed by atoms with Gasteiger partial charge in [-0.1, -0.05) is 6.07 Å². The van der Waals surface area contributed by atoms with E-state index >= 15 is 0 Å². The van der Waals surface area contributed by atoms with Crippen LogP contribution in [-0.4, -0.2) is 10.2 Å². The zero-order valence-corrected chi connectivity index (χ0v) is 8.92. The minimum Gasteiger partial charge on any atom is -0.508 e. The second-order valence-corrected chi connectivity index (χ2v) is 4.92. The number of hydrogen-bond donors (Lipinski definition) is 2. The summed E-state index contributed by atoms with van der Waals surface area (Å²) in [7, 11) is 11.9. The van der Waals surface area contributed by atoms with Crippen LogP contribution in [0.15, 0.2) is 24.3 Å². The zero-order chi connectivity index (χ0) is 9.40. The lowest BCUT2D eigenvalue weighted by Gasteiger charge is -1.89. The third-order valence-electron chi connectivity index (χ3n) is 0.854. The van der Waals surface area contributed by atoms with Gasteiger partial charge in [-0.25, -0.2) is 0 Å². The molecule has 2 N–H and O–H groups in total. The Hall–Kier alpha value is 0.1000. The van der Waals surface area contributed by atoms with Crippen molar-refractivity contribution >= 4 is 41.4 Å². The van der Waals surface area contributed by atoms with Crippen molar-refractivity contribution < 1.29 is 10.2 Å². The smallest absolute Gasteiger partial charge is 0.119 e. The predicted octanol–water partition coefficient (Wildman–Crippen LogP) is 3.77. The normalized spacial score (nSPS) is 8.50. The van der Waals surface area contributed by atoms with Crippen LogP contribution in [-0.2, 0) is 0 Å². The number of halogens is 2. The standard InChI is InChI=1S/C6H6O2.Cl2S2/c7-5-2-1-3-6(8)4-5;1-3-4-2/h1-4,7-8H;. The molecule has 0 aliphatic carbocycles. The average molecular weight is 245 g/mol. The molecule has 0 aliphatic heterocycles. The molecule has 0 spiro atoms. The SMILES string of the molecule is ClSSCl.Oc1cccc(O)c1. The van der Waals surface area contributed by atoms with Crippen LogP contribution in [0.1, 0.15) is 0 Å². The molecule has 2 nitrogen and oxygen atoms in total. The summed E-state index contributed by atoms with van der Waals surface area (Å²) in [6, 6.07) is 5.85. The molecule has 0 bridgehead atoms. The average Bonchev–Trinajstić information content (AvgIpc) is 2.04. The van der Waals surface area contributed by atoms with Gasteiger partial charge in [0.2, 0.25) is 0 Å². The Morgan fingerprint density at radius 1 is 1.00 bits per heavy atom. The number of aromatic hydroxyl groups is 2. The number of rotatable bonds is 1. The Balaban J connectivity index is 0.000000261. The third-order valence-corrected chi connectivity index (χ3v) is 2.76. The molecule has 68 valence electrons. The summed E-state index contributed by atoms with van der Waals surface area (Å²) >= 11 is 0. The van der Waals surface area contributed by atoms with E-state index in [4.69, 9.17) is 31.6 Å². The van der Waals surface area contributed by atoms with E-state index in [1.54, 1.807) is 6.07 Å². The van der Waals surface area contributed by atoms with Crippen molar-refractivity contribution in [3.8, 4) is 11.5 Å². The molecule has 0 amide bonds. The summed E-state index contributed by atoms with van der Waals surface area (Å²) in [6.45, 7) is 0. The predicted molar refractivity (Wildman–Crippen MR) is 56.7 cm³/mol. The molecule has 0 radical (unpaired) electrons. The van der Waals surface area contributed by atoms with Gasteiger partial charge in [-0.3, -0.25) is 0 Å². The van der Waals surface area contributed by atoms with Gasteiger partial charge >= 0.3 is 0 Å². The third kappa shape index (κ3) is 6.79. The lowest BCUT2D eigenvalue weighted by Crippen LogP contribution is -1.61. The fraction of sp³-hybridized carbons (Fsp3) is 0. The Labute approximate surface area is 87.3 Å². The van der Waals surface area contributed by atoms with Crippen molar-refractivity contribution in [3.63, 3.8) is 0 Å². The number of phenols is 2. The maximum atomic E-state index is 8.65. The van der Waals surface area contributed by atoms with Crippen molar-refractivity contribution in [1.29, 1.82) is 0 Å². The molecular formula is C6H6Cl2O2S2. The summed E-state index contributed by atoms with van der Waals surface area (Å²) < 4.78 is 0.